The molecule has 14 nitrogen and oxygen atoms in total. The van der Waals surface area contributed by atoms with Gasteiger partial charge in [-0.2, -0.15) is 0 Å². The molecular formula is C43H53N5O9S. The average molecular weight is 816 g/mol. The van der Waals surface area contributed by atoms with E-state index in [1.54, 1.807) is 13.2 Å². The summed E-state index contributed by atoms with van der Waals surface area (Å²) in [6.07, 6.45) is 4.56. The molecule has 3 N–H and O–H groups in total. The van der Waals surface area contributed by atoms with Gasteiger partial charge in [-0.05, 0) is 74.3 Å². The molecule has 15 heteroatoms. The predicted molar refractivity (Wildman–Crippen MR) is 217 cm³/mol. The van der Waals surface area contributed by atoms with Crippen LogP contribution >= 0.6 is 0 Å². The lowest BCUT2D eigenvalue weighted by Gasteiger charge is -2.35. The Kier molecular flexibility index (Phi) is 11.5. The van der Waals surface area contributed by atoms with Crippen LogP contribution in [0.15, 0.2) is 61.2 Å². The smallest absolute Gasteiger partial charge is 0.407 e. The number of cyclic esters (lactones) is 1. The van der Waals surface area contributed by atoms with Gasteiger partial charge in [0.05, 0.1) is 36.7 Å². The highest BCUT2D eigenvalue weighted by Gasteiger charge is 2.62. The van der Waals surface area contributed by atoms with E-state index in [-0.39, 0.29) is 26.0 Å². The van der Waals surface area contributed by atoms with Crippen molar-refractivity contribution in [3.05, 3.63) is 66.7 Å². The number of ether oxygens (including phenoxy) is 3. The topological polar surface area (TPSA) is 182 Å². The van der Waals surface area contributed by atoms with Gasteiger partial charge in [0.15, 0.2) is 0 Å². The second-order valence-electron chi connectivity index (χ2n) is 17.0. The zero-order chi connectivity index (χ0) is 41.4. The van der Waals surface area contributed by atoms with Gasteiger partial charge in [-0.1, -0.05) is 57.2 Å². The van der Waals surface area contributed by atoms with E-state index in [9.17, 15) is 27.6 Å². The summed E-state index contributed by atoms with van der Waals surface area (Å²) in [5, 5.41) is 5.75. The van der Waals surface area contributed by atoms with Gasteiger partial charge in [-0.3, -0.25) is 19.1 Å². The van der Waals surface area contributed by atoms with Gasteiger partial charge in [-0.25, -0.2) is 18.2 Å². The Balaban J connectivity index is 1.28. The number of sulfonamides is 1. The minimum Gasteiger partial charge on any atom is -0.496 e. The minimum atomic E-state index is -3.91. The molecule has 7 rings (SSSR count). The van der Waals surface area contributed by atoms with E-state index in [0.29, 0.717) is 54.8 Å². The molecule has 2 aromatic carbocycles. The molecule has 4 bridgehead atoms. The number of aromatic nitrogens is 1. The van der Waals surface area contributed by atoms with Crippen LogP contribution in [0.3, 0.4) is 0 Å². The van der Waals surface area contributed by atoms with Crippen molar-refractivity contribution in [2.45, 2.75) is 108 Å². The molecule has 3 heterocycles. The minimum absolute atomic E-state index is 0.0287. The first kappa shape index (κ1) is 41.0. The van der Waals surface area contributed by atoms with Gasteiger partial charge in [0.25, 0.3) is 5.91 Å². The molecule has 2 saturated carbocycles. The highest BCUT2D eigenvalue weighted by molar-refractivity contribution is 7.91. The molecule has 2 aliphatic carbocycles. The summed E-state index contributed by atoms with van der Waals surface area (Å²) in [4.78, 5) is 62.6. The number of hydrogen-bond acceptors (Lipinski definition) is 10. The highest BCUT2D eigenvalue weighted by atomic mass is 32.2. The Hall–Kier alpha value is -5.18. The Bertz CT molecular complexity index is 2200. The molecule has 310 valence electrons. The van der Waals surface area contributed by atoms with Gasteiger partial charge in [0, 0.05) is 29.5 Å². The molecule has 58 heavy (non-hydrogen) atoms. The monoisotopic (exact) mass is 815 g/mol. The summed E-state index contributed by atoms with van der Waals surface area (Å²) < 4.78 is 46.1. The van der Waals surface area contributed by atoms with Crippen LogP contribution in [0.25, 0.3) is 22.2 Å². The zero-order valence-corrected chi connectivity index (χ0v) is 34.4. The molecule has 5 atom stereocenters. The van der Waals surface area contributed by atoms with Crippen molar-refractivity contribution in [3.8, 4) is 22.8 Å². The summed E-state index contributed by atoms with van der Waals surface area (Å²) in [5.41, 5.74) is 0.804. The molecule has 0 spiro atoms. The highest BCUT2D eigenvalue weighted by Crippen LogP contribution is 2.47. The Morgan fingerprint density at radius 3 is 2.55 bits per heavy atom. The number of allylic oxidation sites excluding steroid dienone is 1. The molecule has 4 amide bonds. The number of methoxy groups -OCH3 is 1. The maximum atomic E-state index is 14.7. The largest absolute Gasteiger partial charge is 0.496 e. The van der Waals surface area contributed by atoms with E-state index in [1.165, 1.54) is 4.90 Å². The third-order valence-corrected chi connectivity index (χ3v) is 13.4. The fourth-order valence-electron chi connectivity index (χ4n) is 8.08. The van der Waals surface area contributed by atoms with Crippen LogP contribution in [0.1, 0.15) is 77.7 Å². The van der Waals surface area contributed by atoms with E-state index < -0.39 is 74.1 Å². The number of hydrogen-bond donors (Lipinski definition) is 3. The molecule has 0 unspecified atom stereocenters. The summed E-state index contributed by atoms with van der Waals surface area (Å²) in [7, 11) is -2.29. The van der Waals surface area contributed by atoms with Crippen molar-refractivity contribution in [3.63, 3.8) is 0 Å². The lowest BCUT2D eigenvalue weighted by molar-refractivity contribution is -0.142. The third kappa shape index (κ3) is 8.64. The number of alkyl carbamates (subject to hydrolysis) is 1. The fraction of sp³-hybridized carbons (Fsp3) is 0.512. The Labute approximate surface area is 339 Å². The molecule has 2 aliphatic heterocycles. The molecule has 3 fully saturated rings. The van der Waals surface area contributed by atoms with Crippen LogP contribution in [0.4, 0.5) is 4.79 Å². The number of carbonyl (C=O) groups is 4. The van der Waals surface area contributed by atoms with Gasteiger partial charge < -0.3 is 29.7 Å². The number of aryl methyl sites for hydroxylation is 1. The number of nitrogens with one attached hydrogen (secondary N) is 3. The van der Waals surface area contributed by atoms with Crippen molar-refractivity contribution in [2.75, 3.05) is 20.3 Å². The predicted octanol–water partition coefficient (Wildman–Crippen LogP) is 5.19. The molecule has 4 aliphatic rings. The summed E-state index contributed by atoms with van der Waals surface area (Å²) in [5.74, 6) is -1.17. The first-order valence-corrected chi connectivity index (χ1v) is 21.6. The van der Waals surface area contributed by atoms with Crippen LogP contribution in [0.2, 0.25) is 0 Å². The lowest BCUT2D eigenvalue weighted by Crippen LogP contribution is -2.60. The molecule has 3 aromatic rings. The quantitative estimate of drug-likeness (QED) is 0.243. The van der Waals surface area contributed by atoms with E-state index in [1.807, 2.05) is 69.3 Å². The summed E-state index contributed by atoms with van der Waals surface area (Å²) in [6, 6.07) is 13.2. The van der Waals surface area contributed by atoms with Gasteiger partial charge in [-0.15, -0.1) is 6.58 Å². The first-order chi connectivity index (χ1) is 27.6. The number of benzene rings is 2. The van der Waals surface area contributed by atoms with Crippen LogP contribution in [-0.2, 0) is 35.6 Å². The number of pyridine rings is 1. The SMILES string of the molecule is C=CC[C@H]1C[C@]1(NC(=O)[C@@H]1C[C@@H]2CN1C(=O)[C@H](C(C)(C)C)NC(=O)OCCCCCc1cc3c(cc(-c4ccccc4)nc3cc1OC)O2)C(=O)NS(=O)(=O)C1CC1. The van der Waals surface area contributed by atoms with Crippen LogP contribution in [0, 0.1) is 11.3 Å². The maximum absolute atomic E-state index is 14.7. The van der Waals surface area contributed by atoms with E-state index >= 15 is 0 Å². The van der Waals surface area contributed by atoms with Gasteiger partial charge in [0.2, 0.25) is 21.8 Å². The third-order valence-electron chi connectivity index (χ3n) is 11.6. The Morgan fingerprint density at radius 1 is 1.10 bits per heavy atom. The Morgan fingerprint density at radius 2 is 1.86 bits per heavy atom. The standard InChI is InChI=1S/C43H53N5O9S/c1-6-13-28-24-43(28,40(51)47-58(53,54)30-17-18-30)46-38(49)34-21-29-25-48(34)39(50)37(42(2,3)4)45-41(52)56-19-12-8-11-16-27-20-31-33(23-35(27)55-5)44-32(22-36(31)57-29)26-14-9-7-10-15-26/h6-7,9-10,14-15,20,22-23,28-30,34,37H,1,8,11-13,16-19,21,24-25H2,2-5H3,(H,45,52)(H,46,49)(H,47,51)/t28-,29+,34-,37+,43+/m0/s1. The summed E-state index contributed by atoms with van der Waals surface area (Å²) in [6.45, 7) is 9.34. The maximum Gasteiger partial charge on any atom is 0.407 e. The number of rotatable bonds is 9. The number of fused-ring (bicyclic) bond motifs is 3. The molecule has 1 aromatic heterocycles. The van der Waals surface area contributed by atoms with E-state index in [4.69, 9.17) is 19.2 Å². The number of nitrogens with zero attached hydrogens (tertiary/aromatic N) is 2. The van der Waals surface area contributed by atoms with Crippen LogP contribution in [-0.4, -0.2) is 91.4 Å². The second-order valence-corrected chi connectivity index (χ2v) is 18.9. The number of amides is 4. The van der Waals surface area contributed by atoms with Crippen molar-refractivity contribution in [2.24, 2.45) is 11.3 Å². The van der Waals surface area contributed by atoms with Crippen LogP contribution in [0.5, 0.6) is 11.5 Å². The fourth-order valence-corrected chi connectivity index (χ4v) is 9.45. The van der Waals surface area contributed by atoms with E-state index in [0.717, 1.165) is 29.4 Å². The lowest BCUT2D eigenvalue weighted by atomic mass is 9.85. The zero-order valence-electron chi connectivity index (χ0n) is 33.5. The number of carbonyl (C=O) groups excluding carboxylic acids is 4. The van der Waals surface area contributed by atoms with Gasteiger partial charge >= 0.3 is 6.09 Å². The van der Waals surface area contributed by atoms with Gasteiger partial charge in [0.1, 0.15) is 35.2 Å². The van der Waals surface area contributed by atoms with Crippen LogP contribution < -0.4 is 24.8 Å². The molecular weight excluding hydrogens is 763 g/mol. The van der Waals surface area contributed by atoms with Crippen molar-refractivity contribution < 1.29 is 41.8 Å². The molecule has 0 radical (unpaired) electrons. The van der Waals surface area contributed by atoms with E-state index in [2.05, 4.69) is 21.9 Å². The van der Waals surface area contributed by atoms with Crippen molar-refractivity contribution in [1.29, 1.82) is 0 Å². The summed E-state index contributed by atoms with van der Waals surface area (Å²) >= 11 is 0. The second kappa shape index (κ2) is 16.2. The van der Waals surface area contributed by atoms with Crippen molar-refractivity contribution >= 4 is 44.7 Å². The molecule has 1 saturated heterocycles. The normalized spacial score (nSPS) is 25.4. The van der Waals surface area contributed by atoms with Crippen molar-refractivity contribution in [1.82, 2.24) is 25.2 Å². The average Bonchev–Trinajstić information content (AvgIpc) is 4.11. The first-order valence-electron chi connectivity index (χ1n) is 20.1.